The number of H-pyrrole nitrogens is 1. The predicted molar refractivity (Wildman–Crippen MR) is 72.8 cm³/mol. The second-order valence-corrected chi connectivity index (χ2v) is 4.58. The quantitative estimate of drug-likeness (QED) is 0.744. The Kier molecular flexibility index (Phi) is 3.01. The fraction of sp³-hybridized carbons (Fsp3) is 0.0667. The summed E-state index contributed by atoms with van der Waals surface area (Å²) in [6.07, 6.45) is -2.84. The average Bonchev–Trinajstić information content (AvgIpc) is 2.46. The van der Waals surface area contributed by atoms with Gasteiger partial charge >= 0.3 is 6.18 Å². The fourth-order valence-corrected chi connectivity index (χ4v) is 2.13. The molecule has 0 fully saturated rings. The molecule has 0 aliphatic heterocycles. The molecule has 0 saturated carbocycles. The van der Waals surface area contributed by atoms with Crippen molar-refractivity contribution < 1.29 is 13.2 Å². The maximum atomic E-state index is 12.5. The summed E-state index contributed by atoms with van der Waals surface area (Å²) in [5, 5.41) is 7.16. The van der Waals surface area contributed by atoms with Gasteiger partial charge in [0.2, 0.25) is 0 Å². The van der Waals surface area contributed by atoms with Gasteiger partial charge in [0.15, 0.2) is 0 Å². The van der Waals surface area contributed by atoms with E-state index in [9.17, 15) is 18.0 Å². The van der Waals surface area contributed by atoms with Crippen molar-refractivity contribution >= 4 is 10.8 Å². The summed E-state index contributed by atoms with van der Waals surface area (Å²) in [7, 11) is 0. The highest BCUT2D eigenvalue weighted by molar-refractivity contribution is 5.85. The molecule has 3 aromatic rings. The number of aromatic nitrogens is 2. The van der Waals surface area contributed by atoms with E-state index in [1.807, 2.05) is 0 Å². The Hall–Kier alpha value is -2.63. The summed E-state index contributed by atoms with van der Waals surface area (Å²) in [5.74, 6) is 0. The van der Waals surface area contributed by atoms with Gasteiger partial charge in [0.1, 0.15) is 0 Å². The molecule has 1 N–H and O–H groups in total. The van der Waals surface area contributed by atoms with Crippen LogP contribution in [0.3, 0.4) is 0 Å². The summed E-state index contributed by atoms with van der Waals surface area (Å²) >= 11 is 0. The molecular formula is C15H9F3N2O. The number of hydrogen-bond acceptors (Lipinski definition) is 2. The molecule has 0 aliphatic carbocycles. The van der Waals surface area contributed by atoms with Crippen molar-refractivity contribution in [3.05, 3.63) is 64.6 Å². The number of halogens is 3. The molecule has 21 heavy (non-hydrogen) atoms. The second kappa shape index (κ2) is 4.73. The molecule has 1 heterocycles. The molecule has 0 bridgehead atoms. The Morgan fingerprint density at radius 3 is 2.29 bits per heavy atom. The molecule has 0 unspecified atom stereocenters. The number of benzene rings is 2. The van der Waals surface area contributed by atoms with Gasteiger partial charge < -0.3 is 0 Å². The van der Waals surface area contributed by atoms with E-state index in [1.54, 1.807) is 18.2 Å². The summed E-state index contributed by atoms with van der Waals surface area (Å²) in [5.41, 5.74) is 0.380. The maximum absolute atomic E-state index is 12.5. The van der Waals surface area contributed by atoms with Crippen LogP contribution in [-0.4, -0.2) is 10.2 Å². The van der Waals surface area contributed by atoms with E-state index in [0.717, 1.165) is 17.7 Å². The molecule has 0 saturated heterocycles. The smallest absolute Gasteiger partial charge is 0.267 e. The van der Waals surface area contributed by atoms with Gasteiger partial charge in [-0.25, -0.2) is 5.10 Å². The Bertz CT molecular complexity index is 851. The van der Waals surface area contributed by atoms with Crippen molar-refractivity contribution in [1.29, 1.82) is 0 Å². The van der Waals surface area contributed by atoms with Crippen molar-refractivity contribution in [3.63, 3.8) is 0 Å². The maximum Gasteiger partial charge on any atom is 0.416 e. The van der Waals surface area contributed by atoms with Crippen molar-refractivity contribution in [2.75, 3.05) is 0 Å². The average molecular weight is 290 g/mol. The van der Waals surface area contributed by atoms with Crippen LogP contribution >= 0.6 is 0 Å². The molecule has 2 aromatic carbocycles. The van der Waals surface area contributed by atoms with Crippen molar-refractivity contribution in [3.8, 4) is 11.1 Å². The third-order valence-corrected chi connectivity index (χ3v) is 3.21. The van der Waals surface area contributed by atoms with E-state index in [0.29, 0.717) is 16.3 Å². The molecule has 0 aliphatic rings. The Balaban J connectivity index is 2.06. The van der Waals surface area contributed by atoms with Gasteiger partial charge in [-0.15, -0.1) is 0 Å². The highest BCUT2D eigenvalue weighted by Gasteiger charge is 2.29. The molecule has 0 atom stereocenters. The molecule has 1 aromatic heterocycles. The Morgan fingerprint density at radius 1 is 0.952 bits per heavy atom. The standard InChI is InChI=1S/C15H9F3N2O/c16-15(17,18)12-4-1-9(2-5-12)10-3-6-13-11(7-10)8-19-20-14(13)21/h1-8H,(H,20,21). The summed E-state index contributed by atoms with van der Waals surface area (Å²) in [6, 6.07) is 9.93. The molecule has 6 heteroatoms. The van der Waals surface area contributed by atoms with Crippen LogP contribution in [0, 0.1) is 0 Å². The lowest BCUT2D eigenvalue weighted by Gasteiger charge is -2.08. The highest BCUT2D eigenvalue weighted by Crippen LogP contribution is 2.31. The number of nitrogens with zero attached hydrogens (tertiary/aromatic N) is 1. The summed E-state index contributed by atoms with van der Waals surface area (Å²) < 4.78 is 37.6. The predicted octanol–water partition coefficient (Wildman–Crippen LogP) is 3.61. The molecule has 0 radical (unpaired) electrons. The normalized spacial score (nSPS) is 11.8. The van der Waals surface area contributed by atoms with E-state index in [2.05, 4.69) is 10.2 Å². The van der Waals surface area contributed by atoms with E-state index in [1.165, 1.54) is 18.3 Å². The van der Waals surface area contributed by atoms with Gasteiger partial charge in [0.05, 0.1) is 17.1 Å². The van der Waals surface area contributed by atoms with E-state index in [4.69, 9.17) is 0 Å². The first-order valence-corrected chi connectivity index (χ1v) is 6.10. The first kappa shape index (κ1) is 13.4. The van der Waals surface area contributed by atoms with Crippen LogP contribution in [0.2, 0.25) is 0 Å². The zero-order valence-electron chi connectivity index (χ0n) is 10.6. The molecule has 0 spiro atoms. The second-order valence-electron chi connectivity index (χ2n) is 4.58. The lowest BCUT2D eigenvalue weighted by Crippen LogP contribution is -2.07. The summed E-state index contributed by atoms with van der Waals surface area (Å²) in [6.45, 7) is 0. The lowest BCUT2D eigenvalue weighted by molar-refractivity contribution is -0.137. The number of alkyl halides is 3. The Morgan fingerprint density at radius 2 is 1.62 bits per heavy atom. The third kappa shape index (κ3) is 2.52. The minimum atomic E-state index is -4.35. The largest absolute Gasteiger partial charge is 0.416 e. The van der Waals surface area contributed by atoms with Gasteiger partial charge in [-0.2, -0.15) is 18.3 Å². The van der Waals surface area contributed by atoms with Crippen LogP contribution in [0.15, 0.2) is 53.5 Å². The van der Waals surface area contributed by atoms with Gasteiger partial charge in [0, 0.05) is 5.39 Å². The van der Waals surface area contributed by atoms with Crippen LogP contribution in [0.4, 0.5) is 13.2 Å². The van der Waals surface area contributed by atoms with Gasteiger partial charge in [0.25, 0.3) is 5.56 Å². The van der Waals surface area contributed by atoms with Crippen LogP contribution < -0.4 is 5.56 Å². The summed E-state index contributed by atoms with van der Waals surface area (Å²) in [4.78, 5) is 11.5. The van der Waals surface area contributed by atoms with E-state index < -0.39 is 11.7 Å². The first-order valence-electron chi connectivity index (χ1n) is 6.10. The molecule has 106 valence electrons. The van der Waals surface area contributed by atoms with Gasteiger partial charge in [-0.3, -0.25) is 4.79 Å². The fourth-order valence-electron chi connectivity index (χ4n) is 2.13. The minimum absolute atomic E-state index is 0.300. The molecule has 0 amide bonds. The van der Waals surface area contributed by atoms with Crippen molar-refractivity contribution in [2.45, 2.75) is 6.18 Å². The molecule has 3 rings (SSSR count). The number of nitrogens with one attached hydrogen (secondary N) is 1. The van der Waals surface area contributed by atoms with Gasteiger partial charge in [-0.05, 0) is 35.4 Å². The van der Waals surface area contributed by atoms with Crippen LogP contribution in [0.25, 0.3) is 21.9 Å². The topological polar surface area (TPSA) is 45.8 Å². The monoisotopic (exact) mass is 290 g/mol. The number of fused-ring (bicyclic) bond motifs is 1. The van der Waals surface area contributed by atoms with Crippen LogP contribution in [0.1, 0.15) is 5.56 Å². The Labute approximate surface area is 117 Å². The number of hydrogen-bond donors (Lipinski definition) is 1. The SMILES string of the molecule is O=c1[nH]ncc2cc(-c3ccc(C(F)(F)F)cc3)ccc12. The van der Waals surface area contributed by atoms with Crippen molar-refractivity contribution in [1.82, 2.24) is 10.2 Å². The van der Waals surface area contributed by atoms with E-state index in [-0.39, 0.29) is 5.56 Å². The molecule has 3 nitrogen and oxygen atoms in total. The highest BCUT2D eigenvalue weighted by atomic mass is 19.4. The lowest BCUT2D eigenvalue weighted by atomic mass is 10.0. The van der Waals surface area contributed by atoms with Crippen LogP contribution in [0.5, 0.6) is 0 Å². The van der Waals surface area contributed by atoms with E-state index >= 15 is 0 Å². The van der Waals surface area contributed by atoms with Crippen molar-refractivity contribution in [2.24, 2.45) is 0 Å². The zero-order valence-corrected chi connectivity index (χ0v) is 10.6. The zero-order chi connectivity index (χ0) is 15.0. The molecular weight excluding hydrogens is 281 g/mol. The van der Waals surface area contributed by atoms with Gasteiger partial charge in [-0.1, -0.05) is 18.2 Å². The first-order chi connectivity index (χ1) is 9.95. The minimum Gasteiger partial charge on any atom is -0.267 e. The third-order valence-electron chi connectivity index (χ3n) is 3.21. The number of aromatic amines is 1. The number of rotatable bonds is 1. The van der Waals surface area contributed by atoms with Crippen LogP contribution in [-0.2, 0) is 6.18 Å².